The maximum Gasteiger partial charge on any atom is 0.162 e. The molecule has 0 amide bonds. The fourth-order valence-corrected chi connectivity index (χ4v) is 3.40. The van der Waals surface area contributed by atoms with Crippen LogP contribution in [0.5, 0.6) is 34.5 Å². The van der Waals surface area contributed by atoms with Gasteiger partial charge in [0.2, 0.25) is 0 Å². The van der Waals surface area contributed by atoms with Crippen molar-refractivity contribution in [1.29, 1.82) is 0 Å². The van der Waals surface area contributed by atoms with E-state index in [1.54, 1.807) is 28.4 Å². The molecule has 34 heavy (non-hydrogen) atoms. The van der Waals surface area contributed by atoms with Gasteiger partial charge in [0.1, 0.15) is 13.2 Å². The van der Waals surface area contributed by atoms with Gasteiger partial charge in [0.15, 0.2) is 34.5 Å². The molecule has 3 aromatic rings. The molecule has 0 saturated carbocycles. The Morgan fingerprint density at radius 2 is 1.03 bits per heavy atom. The number of rotatable bonds is 4. The Bertz CT molecular complexity index is 1240. The molecule has 6 nitrogen and oxygen atoms in total. The van der Waals surface area contributed by atoms with E-state index >= 15 is 0 Å². The first kappa shape index (κ1) is 22.8. The highest BCUT2D eigenvalue weighted by molar-refractivity contribution is 5.62. The Kier molecular flexibility index (Phi) is 7.01. The molecule has 0 atom stereocenters. The molecule has 1 aliphatic heterocycles. The molecule has 0 spiro atoms. The van der Waals surface area contributed by atoms with Crippen molar-refractivity contribution in [1.82, 2.24) is 0 Å². The first-order valence-corrected chi connectivity index (χ1v) is 10.6. The van der Waals surface area contributed by atoms with Crippen LogP contribution in [0.3, 0.4) is 0 Å². The molecule has 3 aromatic carbocycles. The van der Waals surface area contributed by atoms with E-state index in [4.69, 9.17) is 28.4 Å². The van der Waals surface area contributed by atoms with Crippen molar-refractivity contribution in [2.45, 2.75) is 0 Å². The minimum Gasteiger partial charge on any atom is -0.493 e. The monoisotopic (exact) mass is 456 g/mol. The van der Waals surface area contributed by atoms with Crippen LogP contribution in [0.2, 0.25) is 0 Å². The molecule has 0 N–H and O–H groups in total. The third kappa shape index (κ3) is 4.98. The Labute approximate surface area is 199 Å². The average molecular weight is 456 g/mol. The van der Waals surface area contributed by atoms with Crippen LogP contribution >= 0.6 is 0 Å². The molecule has 6 heteroatoms. The molecule has 4 rings (SSSR count). The Balaban J connectivity index is 1.73. The van der Waals surface area contributed by atoms with Crippen LogP contribution in [0.15, 0.2) is 48.5 Å². The van der Waals surface area contributed by atoms with E-state index in [0.29, 0.717) is 53.1 Å². The van der Waals surface area contributed by atoms with Gasteiger partial charge >= 0.3 is 0 Å². The van der Waals surface area contributed by atoms with Crippen LogP contribution in [-0.2, 0) is 0 Å². The summed E-state index contributed by atoms with van der Waals surface area (Å²) in [6.45, 7) is 1.07. The molecule has 0 radical (unpaired) electrons. The van der Waals surface area contributed by atoms with Crippen LogP contribution in [0.25, 0.3) is 0 Å². The molecule has 0 unspecified atom stereocenters. The van der Waals surface area contributed by atoms with Crippen LogP contribution in [-0.4, -0.2) is 41.7 Å². The Hall–Kier alpha value is -4.42. The van der Waals surface area contributed by atoms with Crippen molar-refractivity contribution in [3.05, 3.63) is 70.8 Å². The minimum atomic E-state index is 0.523. The summed E-state index contributed by atoms with van der Waals surface area (Å²) in [7, 11) is 6.36. The second kappa shape index (κ2) is 10.5. The van der Waals surface area contributed by atoms with Gasteiger partial charge in [-0.15, -0.1) is 0 Å². The third-order valence-corrected chi connectivity index (χ3v) is 5.13. The smallest absolute Gasteiger partial charge is 0.162 e. The maximum absolute atomic E-state index is 5.66. The van der Waals surface area contributed by atoms with Crippen LogP contribution in [0.4, 0.5) is 0 Å². The van der Waals surface area contributed by atoms with E-state index in [-0.39, 0.29) is 0 Å². The lowest BCUT2D eigenvalue weighted by molar-refractivity contribution is 0.171. The van der Waals surface area contributed by atoms with E-state index in [1.165, 1.54) is 0 Å². The van der Waals surface area contributed by atoms with Crippen molar-refractivity contribution in [3.63, 3.8) is 0 Å². The molecule has 0 bridgehead atoms. The molecule has 0 saturated heterocycles. The summed E-state index contributed by atoms with van der Waals surface area (Å²) in [6.07, 6.45) is 0. The second-order valence-electron chi connectivity index (χ2n) is 7.18. The zero-order chi connectivity index (χ0) is 23.9. The molecular weight excluding hydrogens is 432 g/mol. The number of ether oxygens (including phenoxy) is 6. The predicted octanol–water partition coefficient (Wildman–Crippen LogP) is 4.29. The summed E-state index contributed by atoms with van der Waals surface area (Å²) in [5.74, 6) is 16.6. The highest BCUT2D eigenvalue weighted by Gasteiger charge is 2.12. The quantitative estimate of drug-likeness (QED) is 0.546. The average Bonchev–Trinajstić information content (AvgIpc) is 2.90. The largest absolute Gasteiger partial charge is 0.493 e. The molecule has 1 heterocycles. The topological polar surface area (TPSA) is 55.4 Å². The van der Waals surface area contributed by atoms with Gasteiger partial charge in [-0.25, -0.2) is 0 Å². The van der Waals surface area contributed by atoms with Crippen molar-refractivity contribution >= 4 is 0 Å². The lowest BCUT2D eigenvalue weighted by atomic mass is 10.0. The van der Waals surface area contributed by atoms with E-state index < -0.39 is 0 Å². The first-order chi connectivity index (χ1) is 16.6. The number of hydrogen-bond donors (Lipinski definition) is 0. The van der Waals surface area contributed by atoms with E-state index in [1.807, 2.05) is 48.5 Å². The second-order valence-corrected chi connectivity index (χ2v) is 7.18. The fraction of sp³-hybridized carbons (Fsp3) is 0.214. The number of benzene rings is 3. The molecule has 0 fully saturated rings. The fourth-order valence-electron chi connectivity index (χ4n) is 3.40. The Morgan fingerprint density at radius 3 is 1.62 bits per heavy atom. The molecule has 1 aliphatic rings. The zero-order valence-electron chi connectivity index (χ0n) is 19.5. The molecule has 0 aromatic heterocycles. The van der Waals surface area contributed by atoms with Crippen LogP contribution in [0, 0.1) is 23.7 Å². The number of hydrogen-bond acceptors (Lipinski definition) is 6. The van der Waals surface area contributed by atoms with Gasteiger partial charge in [-0.3, -0.25) is 0 Å². The van der Waals surface area contributed by atoms with E-state index in [0.717, 1.165) is 16.9 Å². The number of methoxy groups -OCH3 is 4. The normalized spacial score (nSPS) is 11.3. The predicted molar refractivity (Wildman–Crippen MR) is 128 cm³/mol. The van der Waals surface area contributed by atoms with Gasteiger partial charge in [-0.2, -0.15) is 0 Å². The van der Waals surface area contributed by atoms with Gasteiger partial charge < -0.3 is 28.4 Å². The maximum atomic E-state index is 5.66. The SMILES string of the molecule is COc1ccc(C#Cc2cc(OC)c(OC)cc2C#Cc2ccc3c(c2)OCCO3)cc1OC. The molecule has 0 aliphatic carbocycles. The number of fused-ring (bicyclic) bond motifs is 1. The third-order valence-electron chi connectivity index (χ3n) is 5.13. The summed E-state index contributed by atoms with van der Waals surface area (Å²) in [4.78, 5) is 0. The van der Waals surface area contributed by atoms with Gasteiger partial charge in [-0.05, 0) is 36.4 Å². The van der Waals surface area contributed by atoms with Crippen LogP contribution in [0.1, 0.15) is 22.3 Å². The summed E-state index contributed by atoms with van der Waals surface area (Å²) in [6, 6.07) is 14.8. The van der Waals surface area contributed by atoms with Crippen LogP contribution < -0.4 is 28.4 Å². The van der Waals surface area contributed by atoms with Gasteiger partial charge in [0.25, 0.3) is 0 Å². The molecular formula is C28H24O6. The minimum absolute atomic E-state index is 0.523. The van der Waals surface area contributed by atoms with Gasteiger partial charge in [0, 0.05) is 34.4 Å². The lowest BCUT2D eigenvalue weighted by Gasteiger charge is -2.17. The standard InChI is InChI=1S/C28H24O6/c1-29-23-11-7-19(15-25(23)30-2)5-9-21-17-26(31-3)27(32-4)18-22(21)10-6-20-8-12-24-28(16-20)34-14-13-33-24/h7-8,11-12,15-18H,13-14H2,1-4H3. The van der Waals surface area contributed by atoms with E-state index in [2.05, 4.69) is 23.7 Å². The van der Waals surface area contributed by atoms with Gasteiger partial charge in [0.05, 0.1) is 28.4 Å². The first-order valence-electron chi connectivity index (χ1n) is 10.6. The highest BCUT2D eigenvalue weighted by atomic mass is 16.6. The Morgan fingerprint density at radius 1 is 0.529 bits per heavy atom. The summed E-state index contributed by atoms with van der Waals surface area (Å²) in [5.41, 5.74) is 2.99. The lowest BCUT2D eigenvalue weighted by Crippen LogP contribution is -2.15. The van der Waals surface area contributed by atoms with Crippen molar-refractivity contribution in [3.8, 4) is 58.2 Å². The highest BCUT2D eigenvalue weighted by Crippen LogP contribution is 2.32. The summed E-state index contributed by atoms with van der Waals surface area (Å²) in [5, 5.41) is 0. The summed E-state index contributed by atoms with van der Waals surface area (Å²) >= 11 is 0. The molecule has 172 valence electrons. The van der Waals surface area contributed by atoms with Crippen molar-refractivity contribution in [2.24, 2.45) is 0 Å². The zero-order valence-corrected chi connectivity index (χ0v) is 19.5. The van der Waals surface area contributed by atoms with Crippen molar-refractivity contribution < 1.29 is 28.4 Å². The van der Waals surface area contributed by atoms with E-state index in [9.17, 15) is 0 Å². The van der Waals surface area contributed by atoms with Crippen molar-refractivity contribution in [2.75, 3.05) is 41.7 Å². The van der Waals surface area contributed by atoms with Gasteiger partial charge in [-0.1, -0.05) is 23.7 Å². The summed E-state index contributed by atoms with van der Waals surface area (Å²) < 4.78 is 32.9.